The zero-order valence-corrected chi connectivity index (χ0v) is 11.4. The maximum Gasteiger partial charge on any atom is 0.0724 e. The van der Waals surface area contributed by atoms with Crippen molar-refractivity contribution in [1.29, 1.82) is 0 Å². The summed E-state index contributed by atoms with van der Waals surface area (Å²) in [5.74, 6) is 0. The number of aromatic nitrogens is 2. The summed E-state index contributed by atoms with van der Waals surface area (Å²) in [6.45, 7) is 8.75. The van der Waals surface area contributed by atoms with Gasteiger partial charge in [0.05, 0.1) is 5.69 Å². The standard InChI is InChI=1S/C14H25N3/c1-4-5-6-7-14(2,3)12-16-11-13-10-15-8-9-17-13/h8-10,16H,4-7,11-12H2,1-3H3. The minimum Gasteiger partial charge on any atom is -0.311 e. The Labute approximate surface area is 105 Å². The molecule has 0 aliphatic heterocycles. The minimum absolute atomic E-state index is 0.372. The molecule has 1 aromatic rings. The summed E-state index contributed by atoms with van der Waals surface area (Å²) in [6, 6.07) is 0. The van der Waals surface area contributed by atoms with Gasteiger partial charge in [0.2, 0.25) is 0 Å². The molecular formula is C14H25N3. The van der Waals surface area contributed by atoms with Crippen LogP contribution in [0, 0.1) is 5.41 Å². The van der Waals surface area contributed by atoms with Crippen LogP contribution in [0.5, 0.6) is 0 Å². The van der Waals surface area contributed by atoms with Crippen molar-refractivity contribution in [1.82, 2.24) is 15.3 Å². The fourth-order valence-corrected chi connectivity index (χ4v) is 1.89. The molecule has 1 aromatic heterocycles. The molecule has 0 unspecified atom stereocenters. The van der Waals surface area contributed by atoms with Gasteiger partial charge in [0.1, 0.15) is 0 Å². The Hall–Kier alpha value is -0.960. The molecule has 3 nitrogen and oxygen atoms in total. The lowest BCUT2D eigenvalue weighted by Crippen LogP contribution is -2.29. The maximum atomic E-state index is 4.25. The molecule has 0 saturated heterocycles. The average molecular weight is 235 g/mol. The molecule has 0 aliphatic rings. The van der Waals surface area contributed by atoms with Crippen molar-refractivity contribution >= 4 is 0 Å². The average Bonchev–Trinajstić information content (AvgIpc) is 2.30. The van der Waals surface area contributed by atoms with Gasteiger partial charge in [-0.15, -0.1) is 0 Å². The van der Waals surface area contributed by atoms with E-state index in [0.717, 1.165) is 18.8 Å². The van der Waals surface area contributed by atoms with Crippen LogP contribution in [0.4, 0.5) is 0 Å². The van der Waals surface area contributed by atoms with E-state index in [0.29, 0.717) is 5.41 Å². The summed E-state index contributed by atoms with van der Waals surface area (Å²) < 4.78 is 0. The number of unbranched alkanes of at least 4 members (excludes halogenated alkanes) is 2. The highest BCUT2D eigenvalue weighted by molar-refractivity contribution is 4.93. The highest BCUT2D eigenvalue weighted by atomic mass is 14.9. The molecule has 0 bridgehead atoms. The minimum atomic E-state index is 0.372. The normalized spacial score (nSPS) is 11.7. The Bertz CT molecular complexity index is 296. The number of hydrogen-bond donors (Lipinski definition) is 1. The van der Waals surface area contributed by atoms with Gasteiger partial charge < -0.3 is 5.32 Å². The van der Waals surface area contributed by atoms with Gasteiger partial charge in [-0.25, -0.2) is 0 Å². The summed E-state index contributed by atoms with van der Waals surface area (Å²) >= 11 is 0. The number of hydrogen-bond acceptors (Lipinski definition) is 3. The molecule has 0 atom stereocenters. The van der Waals surface area contributed by atoms with E-state index >= 15 is 0 Å². The van der Waals surface area contributed by atoms with E-state index in [1.165, 1.54) is 25.7 Å². The van der Waals surface area contributed by atoms with Crippen LogP contribution in [0.1, 0.15) is 52.1 Å². The van der Waals surface area contributed by atoms with Crippen LogP contribution in [0.2, 0.25) is 0 Å². The predicted molar refractivity (Wildman–Crippen MR) is 71.7 cm³/mol. The molecule has 0 aliphatic carbocycles. The Morgan fingerprint density at radius 1 is 1.24 bits per heavy atom. The first-order valence-corrected chi connectivity index (χ1v) is 6.60. The summed E-state index contributed by atoms with van der Waals surface area (Å²) in [5, 5.41) is 3.47. The third-order valence-electron chi connectivity index (χ3n) is 2.98. The molecule has 0 radical (unpaired) electrons. The van der Waals surface area contributed by atoms with Crippen LogP contribution in [0.25, 0.3) is 0 Å². The first kappa shape index (κ1) is 14.1. The first-order chi connectivity index (χ1) is 8.14. The monoisotopic (exact) mass is 235 g/mol. The molecule has 1 N–H and O–H groups in total. The van der Waals surface area contributed by atoms with Gasteiger partial charge in [-0.3, -0.25) is 9.97 Å². The molecule has 0 aromatic carbocycles. The fourth-order valence-electron chi connectivity index (χ4n) is 1.89. The van der Waals surface area contributed by atoms with Crippen molar-refractivity contribution in [2.45, 2.75) is 53.0 Å². The summed E-state index contributed by atoms with van der Waals surface area (Å²) in [7, 11) is 0. The number of rotatable bonds is 8. The molecule has 1 rings (SSSR count). The van der Waals surface area contributed by atoms with E-state index in [1.807, 2.05) is 6.20 Å². The van der Waals surface area contributed by atoms with Crippen LogP contribution in [0.15, 0.2) is 18.6 Å². The topological polar surface area (TPSA) is 37.8 Å². The molecule has 0 amide bonds. The highest BCUT2D eigenvalue weighted by Gasteiger charge is 2.16. The molecule has 3 heteroatoms. The highest BCUT2D eigenvalue weighted by Crippen LogP contribution is 2.22. The zero-order valence-electron chi connectivity index (χ0n) is 11.4. The zero-order chi connectivity index (χ0) is 12.6. The van der Waals surface area contributed by atoms with E-state index in [2.05, 4.69) is 36.1 Å². The van der Waals surface area contributed by atoms with Crippen LogP contribution < -0.4 is 5.32 Å². The third kappa shape index (κ3) is 6.37. The van der Waals surface area contributed by atoms with E-state index in [1.54, 1.807) is 12.4 Å². The molecule has 1 heterocycles. The molecule has 96 valence electrons. The Morgan fingerprint density at radius 3 is 2.71 bits per heavy atom. The molecular weight excluding hydrogens is 210 g/mol. The SMILES string of the molecule is CCCCCC(C)(C)CNCc1cnccn1. The van der Waals surface area contributed by atoms with Gasteiger partial charge in [0, 0.05) is 31.7 Å². The lowest BCUT2D eigenvalue weighted by molar-refractivity contribution is 0.301. The number of nitrogens with zero attached hydrogens (tertiary/aromatic N) is 2. The Kier molecular flexibility index (Phi) is 6.12. The van der Waals surface area contributed by atoms with Crippen LogP contribution in [-0.2, 0) is 6.54 Å². The van der Waals surface area contributed by atoms with Gasteiger partial charge in [-0.05, 0) is 11.8 Å². The lowest BCUT2D eigenvalue weighted by atomic mass is 9.87. The molecule has 0 spiro atoms. The molecule has 0 fully saturated rings. The smallest absolute Gasteiger partial charge is 0.0724 e. The lowest BCUT2D eigenvalue weighted by Gasteiger charge is -2.25. The van der Waals surface area contributed by atoms with E-state index in [4.69, 9.17) is 0 Å². The quantitative estimate of drug-likeness (QED) is 0.703. The van der Waals surface area contributed by atoms with Gasteiger partial charge in [0.25, 0.3) is 0 Å². The van der Waals surface area contributed by atoms with Crippen molar-refractivity contribution < 1.29 is 0 Å². The summed E-state index contributed by atoms with van der Waals surface area (Å²) in [6.07, 6.45) is 10.5. The maximum absolute atomic E-state index is 4.25. The second kappa shape index (κ2) is 7.38. The van der Waals surface area contributed by atoms with Gasteiger partial charge >= 0.3 is 0 Å². The first-order valence-electron chi connectivity index (χ1n) is 6.60. The second-order valence-electron chi connectivity index (χ2n) is 5.42. The summed E-state index contributed by atoms with van der Waals surface area (Å²) in [4.78, 5) is 8.31. The molecule has 0 saturated carbocycles. The number of nitrogens with one attached hydrogen (secondary N) is 1. The fraction of sp³-hybridized carbons (Fsp3) is 0.714. The van der Waals surface area contributed by atoms with E-state index in [9.17, 15) is 0 Å². The molecule has 17 heavy (non-hydrogen) atoms. The Morgan fingerprint density at radius 2 is 2.06 bits per heavy atom. The van der Waals surface area contributed by atoms with Gasteiger partial charge in [0.15, 0.2) is 0 Å². The second-order valence-corrected chi connectivity index (χ2v) is 5.42. The van der Waals surface area contributed by atoms with Crippen molar-refractivity contribution in [2.24, 2.45) is 5.41 Å². The largest absolute Gasteiger partial charge is 0.311 e. The van der Waals surface area contributed by atoms with Crippen molar-refractivity contribution in [3.8, 4) is 0 Å². The Balaban J connectivity index is 2.20. The van der Waals surface area contributed by atoms with Crippen molar-refractivity contribution in [3.63, 3.8) is 0 Å². The van der Waals surface area contributed by atoms with Crippen LogP contribution >= 0.6 is 0 Å². The van der Waals surface area contributed by atoms with Crippen LogP contribution in [0.3, 0.4) is 0 Å². The van der Waals surface area contributed by atoms with Crippen molar-refractivity contribution in [2.75, 3.05) is 6.54 Å². The third-order valence-corrected chi connectivity index (χ3v) is 2.98. The van der Waals surface area contributed by atoms with E-state index in [-0.39, 0.29) is 0 Å². The van der Waals surface area contributed by atoms with Gasteiger partial charge in [-0.1, -0.05) is 40.0 Å². The van der Waals surface area contributed by atoms with E-state index < -0.39 is 0 Å². The van der Waals surface area contributed by atoms with Crippen molar-refractivity contribution in [3.05, 3.63) is 24.3 Å². The van der Waals surface area contributed by atoms with Gasteiger partial charge in [-0.2, -0.15) is 0 Å². The van der Waals surface area contributed by atoms with Crippen LogP contribution in [-0.4, -0.2) is 16.5 Å². The summed E-state index contributed by atoms with van der Waals surface area (Å²) in [5.41, 5.74) is 1.38. The predicted octanol–water partition coefficient (Wildman–Crippen LogP) is 3.17.